The summed E-state index contributed by atoms with van der Waals surface area (Å²) in [5.41, 5.74) is 2.87. The largest absolute Gasteiger partial charge is 0.268 e. The van der Waals surface area contributed by atoms with Gasteiger partial charge >= 0.3 is 0 Å². The summed E-state index contributed by atoms with van der Waals surface area (Å²) in [6, 6.07) is 11.2. The van der Waals surface area contributed by atoms with Gasteiger partial charge in [-0.2, -0.15) is 10.5 Å². The number of pyridine rings is 2. The minimum Gasteiger partial charge on any atom is -0.268 e. The number of hydrogen-bond donors (Lipinski definition) is 0. The van der Waals surface area contributed by atoms with Gasteiger partial charge in [-0.3, -0.25) is 18.4 Å². The van der Waals surface area contributed by atoms with Gasteiger partial charge in [0.2, 0.25) is 0 Å². The highest BCUT2D eigenvalue weighted by Gasteiger charge is 2.24. The Morgan fingerprint density at radius 3 is 1.36 bits per heavy atom. The smallest absolute Gasteiger partial charge is 0.264 e. The molecule has 0 saturated heterocycles. The number of nitriles is 2. The van der Waals surface area contributed by atoms with Crippen molar-refractivity contribution in [2.75, 3.05) is 0 Å². The summed E-state index contributed by atoms with van der Waals surface area (Å²) < 4.78 is 2.99. The second-order valence-electron chi connectivity index (χ2n) is 9.75. The third kappa shape index (κ3) is 4.49. The predicted octanol–water partition coefficient (Wildman–Crippen LogP) is 6.27. The lowest BCUT2D eigenvalue weighted by atomic mass is 9.95. The molecule has 0 unspecified atom stereocenters. The number of nitrogens with zero attached hydrogens (tertiary/aromatic N) is 4. The summed E-state index contributed by atoms with van der Waals surface area (Å²) in [5, 5.41) is 20.3. The number of aromatic nitrogens is 2. The maximum Gasteiger partial charge on any atom is 0.264 e. The number of aryl methyl sites for hydroxylation is 2. The Kier molecular flexibility index (Phi) is 8.06. The first-order valence-corrected chi connectivity index (χ1v) is 13.4. The molecule has 0 amide bonds. The Bertz CT molecular complexity index is 1460. The Hall–Kier alpha value is -3.64. The van der Waals surface area contributed by atoms with Gasteiger partial charge in [0.25, 0.3) is 11.1 Å². The van der Waals surface area contributed by atoms with E-state index in [1.165, 1.54) is 21.6 Å². The molecule has 6 heteroatoms. The number of fused-ring (bicyclic) bond motifs is 3. The van der Waals surface area contributed by atoms with Crippen LogP contribution in [-0.2, 0) is 12.8 Å². The third-order valence-electron chi connectivity index (χ3n) is 7.36. The first-order valence-electron chi connectivity index (χ1n) is 13.4. The molecular formula is C30H34N4O2. The second-order valence-corrected chi connectivity index (χ2v) is 9.75. The normalized spacial score (nSPS) is 11.4. The number of rotatable bonds is 12. The molecule has 186 valence electrons. The van der Waals surface area contributed by atoms with Crippen molar-refractivity contribution in [2.24, 2.45) is 0 Å². The van der Waals surface area contributed by atoms with Crippen LogP contribution in [0.25, 0.3) is 21.8 Å². The highest BCUT2D eigenvalue weighted by molar-refractivity contribution is 5.96. The Balaban J connectivity index is 2.01. The summed E-state index contributed by atoms with van der Waals surface area (Å²) in [7, 11) is 0. The predicted molar refractivity (Wildman–Crippen MR) is 144 cm³/mol. The topological polar surface area (TPSA) is 90.5 Å². The molecule has 36 heavy (non-hydrogen) atoms. The van der Waals surface area contributed by atoms with Crippen molar-refractivity contribution in [1.82, 2.24) is 8.80 Å². The molecule has 0 atom stereocenters. The van der Waals surface area contributed by atoms with Crippen molar-refractivity contribution < 1.29 is 0 Å². The fourth-order valence-corrected chi connectivity index (χ4v) is 5.53. The average Bonchev–Trinajstić information content (AvgIpc) is 3.52. The van der Waals surface area contributed by atoms with E-state index in [2.05, 4.69) is 26.0 Å². The third-order valence-corrected chi connectivity index (χ3v) is 7.36. The Labute approximate surface area is 211 Å². The van der Waals surface area contributed by atoms with Gasteiger partial charge in [0.15, 0.2) is 0 Å². The van der Waals surface area contributed by atoms with E-state index in [4.69, 9.17) is 0 Å². The first-order chi connectivity index (χ1) is 17.6. The van der Waals surface area contributed by atoms with E-state index in [9.17, 15) is 20.1 Å². The van der Waals surface area contributed by atoms with Crippen LogP contribution in [0.5, 0.6) is 0 Å². The van der Waals surface area contributed by atoms with Gasteiger partial charge in [0.05, 0.1) is 21.8 Å². The van der Waals surface area contributed by atoms with Crippen LogP contribution in [-0.4, -0.2) is 8.80 Å². The van der Waals surface area contributed by atoms with E-state index in [-0.39, 0.29) is 11.1 Å². The molecule has 0 N–H and O–H groups in total. The fraction of sp³-hybridized carbons (Fsp3) is 0.467. The van der Waals surface area contributed by atoms with Crippen LogP contribution in [0.15, 0.2) is 33.9 Å². The monoisotopic (exact) mass is 482 g/mol. The first kappa shape index (κ1) is 25.5. The summed E-state index contributed by atoms with van der Waals surface area (Å²) in [4.78, 5) is 27.8. The van der Waals surface area contributed by atoms with E-state index in [1.54, 1.807) is 24.3 Å². The quantitative estimate of drug-likeness (QED) is 0.222. The van der Waals surface area contributed by atoms with Gasteiger partial charge in [0, 0.05) is 0 Å². The molecule has 0 bridgehead atoms. The molecule has 0 radical (unpaired) electrons. The van der Waals surface area contributed by atoms with Gasteiger partial charge in [-0.05, 0) is 61.1 Å². The van der Waals surface area contributed by atoms with Crippen LogP contribution in [0.4, 0.5) is 0 Å². The van der Waals surface area contributed by atoms with E-state index in [0.717, 1.165) is 62.5 Å². The molecule has 4 aromatic heterocycles. The van der Waals surface area contributed by atoms with Crippen LogP contribution < -0.4 is 11.1 Å². The van der Waals surface area contributed by atoms with E-state index < -0.39 is 0 Å². The second kappa shape index (κ2) is 11.4. The fourth-order valence-electron chi connectivity index (χ4n) is 5.53. The van der Waals surface area contributed by atoms with Crippen LogP contribution >= 0.6 is 0 Å². The minimum atomic E-state index is -0.306. The minimum absolute atomic E-state index is 0.290. The van der Waals surface area contributed by atoms with Crippen LogP contribution in [0.3, 0.4) is 0 Å². The molecule has 4 heterocycles. The maximum absolute atomic E-state index is 13.9. The lowest BCUT2D eigenvalue weighted by molar-refractivity contribution is 0.632. The van der Waals surface area contributed by atoms with Crippen LogP contribution in [0.2, 0.25) is 0 Å². The van der Waals surface area contributed by atoms with E-state index in [1.807, 2.05) is 0 Å². The number of hydrogen-bond acceptors (Lipinski definition) is 4. The van der Waals surface area contributed by atoms with E-state index >= 15 is 0 Å². The molecule has 0 aromatic carbocycles. The lowest BCUT2D eigenvalue weighted by Gasteiger charge is -2.15. The van der Waals surface area contributed by atoms with Crippen LogP contribution in [0, 0.1) is 22.7 Å². The van der Waals surface area contributed by atoms with Gasteiger partial charge in [-0.1, -0.05) is 65.2 Å². The zero-order chi connectivity index (χ0) is 25.7. The summed E-state index contributed by atoms with van der Waals surface area (Å²) in [6.45, 7) is 4.35. The molecule has 0 saturated carbocycles. The van der Waals surface area contributed by atoms with Gasteiger partial charge in [-0.25, -0.2) is 0 Å². The Morgan fingerprint density at radius 1 is 0.611 bits per heavy atom. The van der Waals surface area contributed by atoms with Gasteiger partial charge in [-0.15, -0.1) is 0 Å². The van der Waals surface area contributed by atoms with E-state index in [0.29, 0.717) is 46.0 Å². The molecule has 0 aliphatic rings. The van der Waals surface area contributed by atoms with Crippen molar-refractivity contribution in [1.29, 1.82) is 10.5 Å². The van der Waals surface area contributed by atoms with Crippen molar-refractivity contribution in [3.05, 3.63) is 67.5 Å². The number of unbranched alkanes of at least 4 members (excludes halogenated alkanes) is 8. The summed E-state index contributed by atoms with van der Waals surface area (Å²) in [6.07, 6.45) is 12.1. The molecule has 0 spiro atoms. The standard InChI is InChI=1S/C30H34N4O2/c1-3-5-7-9-11-13-23-25-17-15-21(19-31)33(25)30(36)28-24(14-12-10-8-6-4-2)26-18-16-22(20-32)34(26)29(35)27(23)28/h15-18H,3-14H2,1-2H3. The molecule has 0 fully saturated rings. The van der Waals surface area contributed by atoms with Crippen molar-refractivity contribution in [3.8, 4) is 12.1 Å². The Morgan fingerprint density at radius 2 is 1.00 bits per heavy atom. The zero-order valence-electron chi connectivity index (χ0n) is 21.4. The molecule has 4 rings (SSSR count). The molecular weight excluding hydrogens is 448 g/mol. The summed E-state index contributed by atoms with van der Waals surface area (Å²) >= 11 is 0. The maximum atomic E-state index is 13.9. The molecule has 6 nitrogen and oxygen atoms in total. The lowest BCUT2D eigenvalue weighted by Crippen LogP contribution is -2.25. The summed E-state index contributed by atoms with van der Waals surface area (Å²) in [5.74, 6) is 0. The van der Waals surface area contributed by atoms with Crippen LogP contribution in [0.1, 0.15) is 101 Å². The van der Waals surface area contributed by atoms with Gasteiger partial charge < -0.3 is 0 Å². The SMILES string of the molecule is CCCCCCCc1c2c(=O)n3c(C#N)ccc3c(CCCCCCC)c2c(=O)n2c(C#N)ccc12. The molecule has 0 aliphatic carbocycles. The average molecular weight is 483 g/mol. The molecule has 0 aliphatic heterocycles. The van der Waals surface area contributed by atoms with Gasteiger partial charge in [0.1, 0.15) is 23.5 Å². The molecule has 4 aromatic rings. The van der Waals surface area contributed by atoms with Crippen molar-refractivity contribution >= 4 is 21.8 Å². The highest BCUT2D eigenvalue weighted by Crippen LogP contribution is 2.29. The van der Waals surface area contributed by atoms with Crippen molar-refractivity contribution in [2.45, 2.75) is 90.9 Å². The van der Waals surface area contributed by atoms with Crippen molar-refractivity contribution in [3.63, 3.8) is 0 Å². The highest BCUT2D eigenvalue weighted by atomic mass is 16.1. The zero-order valence-corrected chi connectivity index (χ0v) is 21.4.